The molecule has 0 amide bonds. The molecular formula is C14H15NO3. The zero-order valence-corrected chi connectivity index (χ0v) is 10.0. The number of nitrogens with zero attached hydrogens (tertiary/aromatic N) is 1. The number of hydrogen-bond donors (Lipinski definition) is 0. The van der Waals surface area contributed by atoms with Gasteiger partial charge in [-0.25, -0.2) is 0 Å². The van der Waals surface area contributed by atoms with Gasteiger partial charge in [0, 0.05) is 35.8 Å². The number of aldehydes is 3. The van der Waals surface area contributed by atoms with Crippen molar-refractivity contribution in [2.75, 3.05) is 18.0 Å². The molecule has 2 rings (SSSR count). The summed E-state index contributed by atoms with van der Waals surface area (Å²) in [6, 6.07) is 5.24. The quantitative estimate of drug-likeness (QED) is 0.758. The van der Waals surface area contributed by atoms with Gasteiger partial charge in [-0.3, -0.25) is 9.59 Å². The van der Waals surface area contributed by atoms with Gasteiger partial charge < -0.3 is 9.69 Å². The fraction of sp³-hybridized carbons (Fsp3) is 0.357. The number of hydrogen-bond acceptors (Lipinski definition) is 4. The first-order valence-electron chi connectivity index (χ1n) is 6.03. The minimum atomic E-state index is 0.154. The average molecular weight is 245 g/mol. The van der Waals surface area contributed by atoms with Gasteiger partial charge in [0.2, 0.25) is 0 Å². The molecule has 0 unspecified atom stereocenters. The van der Waals surface area contributed by atoms with Crippen molar-refractivity contribution in [3.63, 3.8) is 0 Å². The molecule has 0 atom stereocenters. The van der Waals surface area contributed by atoms with Crippen LogP contribution in [-0.4, -0.2) is 31.9 Å². The molecule has 0 saturated carbocycles. The van der Waals surface area contributed by atoms with E-state index in [0.717, 1.165) is 37.9 Å². The van der Waals surface area contributed by atoms with E-state index in [1.54, 1.807) is 12.1 Å². The minimum Gasteiger partial charge on any atom is -0.371 e. The van der Waals surface area contributed by atoms with Gasteiger partial charge in [-0.2, -0.15) is 0 Å². The van der Waals surface area contributed by atoms with Crippen LogP contribution in [0.1, 0.15) is 33.6 Å². The fourth-order valence-electron chi connectivity index (χ4n) is 2.26. The molecule has 1 aliphatic heterocycles. The van der Waals surface area contributed by atoms with Crippen LogP contribution < -0.4 is 4.90 Å². The van der Waals surface area contributed by atoms with Crippen molar-refractivity contribution < 1.29 is 14.4 Å². The second kappa shape index (κ2) is 5.58. The van der Waals surface area contributed by atoms with Crippen molar-refractivity contribution in [2.24, 2.45) is 5.92 Å². The lowest BCUT2D eigenvalue weighted by Gasteiger charge is -2.31. The molecule has 4 nitrogen and oxygen atoms in total. The Kier molecular flexibility index (Phi) is 3.87. The Morgan fingerprint density at radius 3 is 2.22 bits per heavy atom. The van der Waals surface area contributed by atoms with Gasteiger partial charge in [-0.1, -0.05) is 0 Å². The summed E-state index contributed by atoms with van der Waals surface area (Å²) in [6.45, 7) is 1.62. The Morgan fingerprint density at radius 1 is 1.00 bits per heavy atom. The highest BCUT2D eigenvalue weighted by molar-refractivity contribution is 5.91. The van der Waals surface area contributed by atoms with Crippen molar-refractivity contribution in [1.29, 1.82) is 0 Å². The Morgan fingerprint density at radius 2 is 1.67 bits per heavy atom. The lowest BCUT2D eigenvalue weighted by molar-refractivity contribution is -0.111. The van der Waals surface area contributed by atoms with E-state index in [1.807, 2.05) is 6.07 Å². The standard InChI is InChI=1S/C14H15NO3/c16-8-11-3-5-15(6-4-11)14-2-1-12(9-17)13(7-14)10-18/h1-2,7-11H,3-6H2. The van der Waals surface area contributed by atoms with Gasteiger partial charge in [0.1, 0.15) is 6.29 Å². The Balaban J connectivity index is 2.17. The summed E-state index contributed by atoms with van der Waals surface area (Å²) in [6.07, 6.45) is 4.09. The smallest absolute Gasteiger partial charge is 0.150 e. The maximum Gasteiger partial charge on any atom is 0.150 e. The minimum absolute atomic E-state index is 0.154. The highest BCUT2D eigenvalue weighted by Gasteiger charge is 2.19. The Bertz CT molecular complexity index is 462. The number of benzene rings is 1. The molecule has 0 spiro atoms. The van der Waals surface area contributed by atoms with E-state index in [1.165, 1.54) is 0 Å². The number of anilines is 1. The van der Waals surface area contributed by atoms with E-state index in [-0.39, 0.29) is 5.92 Å². The maximum absolute atomic E-state index is 10.9. The molecule has 0 radical (unpaired) electrons. The van der Waals surface area contributed by atoms with Crippen LogP contribution in [0.2, 0.25) is 0 Å². The van der Waals surface area contributed by atoms with E-state index < -0.39 is 0 Å². The van der Waals surface area contributed by atoms with Crippen LogP contribution in [0, 0.1) is 5.92 Å². The molecule has 0 bridgehead atoms. The third-order valence-electron chi connectivity index (χ3n) is 3.42. The Labute approximate surface area is 106 Å². The van der Waals surface area contributed by atoms with Crippen LogP contribution in [0.25, 0.3) is 0 Å². The number of carbonyl (C=O) groups is 3. The summed E-state index contributed by atoms with van der Waals surface area (Å²) in [5, 5.41) is 0. The first kappa shape index (κ1) is 12.5. The molecule has 1 aromatic rings. The van der Waals surface area contributed by atoms with Gasteiger partial charge in [-0.05, 0) is 31.0 Å². The second-order valence-corrected chi connectivity index (χ2v) is 4.51. The van der Waals surface area contributed by atoms with Crippen molar-refractivity contribution in [2.45, 2.75) is 12.8 Å². The molecule has 1 aromatic carbocycles. The fourth-order valence-corrected chi connectivity index (χ4v) is 2.26. The van der Waals surface area contributed by atoms with Crippen LogP contribution in [0.15, 0.2) is 18.2 Å². The first-order valence-corrected chi connectivity index (χ1v) is 6.03. The van der Waals surface area contributed by atoms with E-state index in [9.17, 15) is 14.4 Å². The van der Waals surface area contributed by atoms with Crippen LogP contribution in [0.5, 0.6) is 0 Å². The van der Waals surface area contributed by atoms with Gasteiger partial charge in [-0.15, -0.1) is 0 Å². The molecule has 94 valence electrons. The molecule has 0 N–H and O–H groups in total. The van der Waals surface area contributed by atoms with Gasteiger partial charge in [0.05, 0.1) is 0 Å². The summed E-state index contributed by atoms with van der Waals surface area (Å²) in [4.78, 5) is 34.5. The number of rotatable bonds is 4. The predicted octanol–water partition coefficient (Wildman–Crippen LogP) is 1.73. The summed E-state index contributed by atoms with van der Waals surface area (Å²) >= 11 is 0. The maximum atomic E-state index is 10.9. The van der Waals surface area contributed by atoms with Crippen LogP contribution in [0.3, 0.4) is 0 Å². The third kappa shape index (κ3) is 2.47. The molecule has 1 heterocycles. The van der Waals surface area contributed by atoms with Crippen molar-refractivity contribution in [1.82, 2.24) is 0 Å². The van der Waals surface area contributed by atoms with Crippen LogP contribution in [-0.2, 0) is 4.79 Å². The lowest BCUT2D eigenvalue weighted by Crippen LogP contribution is -2.34. The van der Waals surface area contributed by atoms with Gasteiger partial charge in [0.25, 0.3) is 0 Å². The molecule has 1 fully saturated rings. The number of carbonyl (C=O) groups excluding carboxylic acids is 3. The van der Waals surface area contributed by atoms with Crippen molar-refractivity contribution in [3.05, 3.63) is 29.3 Å². The zero-order valence-electron chi connectivity index (χ0n) is 10.0. The van der Waals surface area contributed by atoms with E-state index in [2.05, 4.69) is 4.90 Å². The monoisotopic (exact) mass is 245 g/mol. The highest BCUT2D eigenvalue weighted by atomic mass is 16.1. The summed E-state index contributed by atoms with van der Waals surface area (Å²) in [5.74, 6) is 0.154. The second-order valence-electron chi connectivity index (χ2n) is 4.51. The predicted molar refractivity (Wildman–Crippen MR) is 68.2 cm³/mol. The summed E-state index contributed by atoms with van der Waals surface area (Å²) in [7, 11) is 0. The van der Waals surface area contributed by atoms with Crippen LogP contribution in [0.4, 0.5) is 5.69 Å². The lowest BCUT2D eigenvalue weighted by atomic mass is 9.97. The largest absolute Gasteiger partial charge is 0.371 e. The Hall–Kier alpha value is -1.97. The van der Waals surface area contributed by atoms with Crippen molar-refractivity contribution >= 4 is 24.5 Å². The van der Waals surface area contributed by atoms with Crippen LogP contribution >= 0.6 is 0 Å². The molecule has 0 aliphatic carbocycles. The summed E-state index contributed by atoms with van der Waals surface area (Å²) in [5.41, 5.74) is 1.77. The van der Waals surface area contributed by atoms with Gasteiger partial charge >= 0.3 is 0 Å². The van der Waals surface area contributed by atoms with Gasteiger partial charge in [0.15, 0.2) is 12.6 Å². The molecule has 18 heavy (non-hydrogen) atoms. The summed E-state index contributed by atoms with van der Waals surface area (Å²) < 4.78 is 0. The van der Waals surface area contributed by atoms with E-state index in [0.29, 0.717) is 23.7 Å². The topological polar surface area (TPSA) is 54.5 Å². The zero-order chi connectivity index (χ0) is 13.0. The van der Waals surface area contributed by atoms with E-state index >= 15 is 0 Å². The molecule has 1 saturated heterocycles. The van der Waals surface area contributed by atoms with Crippen molar-refractivity contribution in [3.8, 4) is 0 Å². The SMILES string of the molecule is O=Cc1ccc(N2CCC(C=O)CC2)cc1C=O. The highest BCUT2D eigenvalue weighted by Crippen LogP contribution is 2.23. The molecular weight excluding hydrogens is 230 g/mol. The third-order valence-corrected chi connectivity index (χ3v) is 3.42. The molecule has 4 heteroatoms. The number of piperidine rings is 1. The van der Waals surface area contributed by atoms with E-state index in [4.69, 9.17) is 0 Å². The molecule has 0 aromatic heterocycles. The average Bonchev–Trinajstić information content (AvgIpc) is 2.46. The first-order chi connectivity index (χ1) is 8.78. The molecule has 1 aliphatic rings. The normalized spacial score (nSPS) is 16.3.